The molecular weight excluding hydrogens is 236 g/mol. The lowest BCUT2D eigenvalue weighted by atomic mass is 9.92. The highest BCUT2D eigenvalue weighted by Crippen LogP contribution is 2.40. The Morgan fingerprint density at radius 3 is 2.47 bits per heavy atom. The zero-order valence-electron chi connectivity index (χ0n) is 12.2. The van der Waals surface area contributed by atoms with Crippen molar-refractivity contribution in [3.8, 4) is 0 Å². The predicted molar refractivity (Wildman–Crippen MR) is 78.6 cm³/mol. The molecule has 4 heteroatoms. The van der Waals surface area contributed by atoms with Gasteiger partial charge in [0.1, 0.15) is 17.5 Å². The largest absolute Gasteiger partial charge is 0.373 e. The summed E-state index contributed by atoms with van der Waals surface area (Å²) in [5.41, 5.74) is 0.468. The molecule has 2 aliphatic carbocycles. The molecule has 0 radical (unpaired) electrons. The van der Waals surface area contributed by atoms with Crippen LogP contribution >= 0.6 is 0 Å². The molecule has 2 N–H and O–H groups in total. The quantitative estimate of drug-likeness (QED) is 0.871. The van der Waals surface area contributed by atoms with E-state index in [4.69, 9.17) is 4.98 Å². The van der Waals surface area contributed by atoms with E-state index < -0.39 is 0 Å². The Bertz CT molecular complexity index is 465. The predicted octanol–water partition coefficient (Wildman–Crippen LogP) is 3.39. The molecule has 1 atom stereocenters. The molecule has 104 valence electrons. The molecule has 0 bridgehead atoms. The zero-order valence-corrected chi connectivity index (χ0v) is 12.2. The first-order valence-electron chi connectivity index (χ1n) is 7.39. The maximum absolute atomic E-state index is 4.69. The lowest BCUT2D eigenvalue weighted by Gasteiger charge is -2.18. The van der Waals surface area contributed by atoms with Crippen LogP contribution in [0.4, 0.5) is 11.6 Å². The van der Waals surface area contributed by atoms with E-state index >= 15 is 0 Å². The van der Waals surface area contributed by atoms with Gasteiger partial charge in [0.2, 0.25) is 0 Å². The average Bonchev–Trinajstić information content (AvgIpc) is 3.15. The van der Waals surface area contributed by atoms with Crippen molar-refractivity contribution in [2.24, 2.45) is 5.41 Å². The number of anilines is 2. The topological polar surface area (TPSA) is 49.8 Å². The second kappa shape index (κ2) is 4.66. The fourth-order valence-corrected chi connectivity index (χ4v) is 2.96. The molecule has 0 saturated heterocycles. The summed E-state index contributed by atoms with van der Waals surface area (Å²) in [4.78, 5) is 9.25. The molecule has 0 aromatic carbocycles. The van der Waals surface area contributed by atoms with Crippen LogP contribution in [-0.2, 0) is 0 Å². The van der Waals surface area contributed by atoms with Gasteiger partial charge in [0.25, 0.3) is 0 Å². The van der Waals surface area contributed by atoms with E-state index in [0.717, 1.165) is 17.5 Å². The SMILES string of the molecule is CNc1cc(NC2CCC(C)(C)C2)nc(C2CC2)n1. The second-order valence-electron chi connectivity index (χ2n) is 6.77. The van der Waals surface area contributed by atoms with E-state index in [1.54, 1.807) is 0 Å². The van der Waals surface area contributed by atoms with Crippen LogP contribution in [0.15, 0.2) is 6.07 Å². The van der Waals surface area contributed by atoms with Gasteiger partial charge < -0.3 is 10.6 Å². The van der Waals surface area contributed by atoms with Crippen LogP contribution in [0.3, 0.4) is 0 Å². The summed E-state index contributed by atoms with van der Waals surface area (Å²) in [6.45, 7) is 4.70. The van der Waals surface area contributed by atoms with Gasteiger partial charge >= 0.3 is 0 Å². The van der Waals surface area contributed by atoms with Gasteiger partial charge in [-0.05, 0) is 37.5 Å². The molecule has 0 amide bonds. The molecule has 1 heterocycles. The number of nitrogens with zero attached hydrogens (tertiary/aromatic N) is 2. The van der Waals surface area contributed by atoms with Gasteiger partial charge in [-0.1, -0.05) is 13.8 Å². The smallest absolute Gasteiger partial charge is 0.136 e. The van der Waals surface area contributed by atoms with Gasteiger partial charge in [-0.15, -0.1) is 0 Å². The number of nitrogens with one attached hydrogen (secondary N) is 2. The third-order valence-electron chi connectivity index (χ3n) is 4.26. The Labute approximate surface area is 115 Å². The lowest BCUT2D eigenvalue weighted by Crippen LogP contribution is -2.19. The minimum Gasteiger partial charge on any atom is -0.373 e. The van der Waals surface area contributed by atoms with Crippen LogP contribution in [0.25, 0.3) is 0 Å². The van der Waals surface area contributed by atoms with Gasteiger partial charge in [-0.3, -0.25) is 0 Å². The molecule has 4 nitrogen and oxygen atoms in total. The molecule has 1 unspecified atom stereocenters. The Balaban J connectivity index is 1.74. The van der Waals surface area contributed by atoms with Gasteiger partial charge in [0.15, 0.2) is 0 Å². The van der Waals surface area contributed by atoms with Crippen molar-refractivity contribution in [1.82, 2.24) is 9.97 Å². The molecule has 0 aliphatic heterocycles. The second-order valence-corrected chi connectivity index (χ2v) is 6.77. The van der Waals surface area contributed by atoms with E-state index in [1.165, 1.54) is 32.1 Å². The van der Waals surface area contributed by atoms with E-state index in [9.17, 15) is 0 Å². The first-order valence-corrected chi connectivity index (χ1v) is 7.39. The third-order valence-corrected chi connectivity index (χ3v) is 4.26. The molecule has 1 aromatic rings. The van der Waals surface area contributed by atoms with Crippen LogP contribution in [0.2, 0.25) is 0 Å². The first-order chi connectivity index (χ1) is 9.05. The Kier molecular flexibility index (Phi) is 3.11. The number of aromatic nitrogens is 2. The molecule has 2 fully saturated rings. The van der Waals surface area contributed by atoms with Crippen molar-refractivity contribution in [2.75, 3.05) is 17.7 Å². The van der Waals surface area contributed by atoms with Gasteiger partial charge in [0, 0.05) is 25.1 Å². The molecule has 3 rings (SSSR count). The summed E-state index contributed by atoms with van der Waals surface area (Å²) in [6, 6.07) is 2.58. The van der Waals surface area contributed by atoms with E-state index in [1.807, 2.05) is 13.1 Å². The Hall–Kier alpha value is -1.32. The average molecular weight is 260 g/mol. The van der Waals surface area contributed by atoms with Crippen molar-refractivity contribution >= 4 is 11.6 Å². The summed E-state index contributed by atoms with van der Waals surface area (Å²) in [6.07, 6.45) is 6.24. The van der Waals surface area contributed by atoms with Crippen LogP contribution < -0.4 is 10.6 Å². The van der Waals surface area contributed by atoms with E-state index in [-0.39, 0.29) is 0 Å². The Morgan fingerprint density at radius 2 is 1.89 bits per heavy atom. The molecule has 2 aliphatic rings. The monoisotopic (exact) mass is 260 g/mol. The third kappa shape index (κ3) is 2.99. The van der Waals surface area contributed by atoms with Crippen molar-refractivity contribution < 1.29 is 0 Å². The Morgan fingerprint density at radius 1 is 1.16 bits per heavy atom. The number of hydrogen-bond donors (Lipinski definition) is 2. The minimum atomic E-state index is 0.468. The normalized spacial score (nSPS) is 25.3. The molecular formula is C15H24N4. The minimum absolute atomic E-state index is 0.468. The maximum atomic E-state index is 4.69. The maximum Gasteiger partial charge on any atom is 0.136 e. The van der Waals surface area contributed by atoms with Crippen molar-refractivity contribution in [3.63, 3.8) is 0 Å². The molecule has 19 heavy (non-hydrogen) atoms. The van der Waals surface area contributed by atoms with Crippen molar-refractivity contribution in [3.05, 3.63) is 11.9 Å². The molecule has 2 saturated carbocycles. The summed E-state index contributed by atoms with van der Waals surface area (Å²) in [5.74, 6) is 3.51. The fourth-order valence-electron chi connectivity index (χ4n) is 2.96. The summed E-state index contributed by atoms with van der Waals surface area (Å²) in [7, 11) is 1.92. The highest BCUT2D eigenvalue weighted by Gasteiger charge is 2.32. The van der Waals surface area contributed by atoms with Gasteiger partial charge in [0.05, 0.1) is 0 Å². The van der Waals surface area contributed by atoms with E-state index in [2.05, 4.69) is 29.5 Å². The lowest BCUT2D eigenvalue weighted by molar-refractivity contribution is 0.378. The van der Waals surface area contributed by atoms with Crippen LogP contribution in [0, 0.1) is 5.41 Å². The highest BCUT2D eigenvalue weighted by molar-refractivity contribution is 5.48. The van der Waals surface area contributed by atoms with Gasteiger partial charge in [-0.25, -0.2) is 9.97 Å². The first kappa shape index (κ1) is 12.7. The molecule has 1 aromatic heterocycles. The van der Waals surface area contributed by atoms with Crippen LogP contribution in [0.5, 0.6) is 0 Å². The van der Waals surface area contributed by atoms with Crippen molar-refractivity contribution in [2.45, 2.75) is 57.9 Å². The fraction of sp³-hybridized carbons (Fsp3) is 0.733. The standard InChI is InChI=1S/C15H24N4/c1-15(2)7-6-11(9-15)17-13-8-12(16-3)18-14(19-13)10-4-5-10/h8,10-11H,4-7,9H2,1-3H3,(H2,16,17,18,19). The summed E-state index contributed by atoms with van der Waals surface area (Å²) in [5, 5.41) is 6.74. The molecule has 0 spiro atoms. The van der Waals surface area contributed by atoms with Gasteiger partial charge in [-0.2, -0.15) is 0 Å². The summed E-state index contributed by atoms with van der Waals surface area (Å²) >= 11 is 0. The number of hydrogen-bond acceptors (Lipinski definition) is 4. The summed E-state index contributed by atoms with van der Waals surface area (Å²) < 4.78 is 0. The zero-order chi connectivity index (χ0) is 13.5. The highest BCUT2D eigenvalue weighted by atomic mass is 15.1. The van der Waals surface area contributed by atoms with E-state index in [0.29, 0.717) is 17.4 Å². The van der Waals surface area contributed by atoms with Crippen molar-refractivity contribution in [1.29, 1.82) is 0 Å². The number of rotatable bonds is 4. The van der Waals surface area contributed by atoms with Crippen LogP contribution in [0.1, 0.15) is 57.7 Å². The van der Waals surface area contributed by atoms with Crippen LogP contribution in [-0.4, -0.2) is 23.1 Å².